The number of para-hydroxylation sites is 1. The van der Waals surface area contributed by atoms with Gasteiger partial charge in [0.15, 0.2) is 0 Å². The van der Waals surface area contributed by atoms with Gasteiger partial charge in [0.05, 0.1) is 11.2 Å². The molecule has 0 spiro atoms. The molecule has 2 aromatic heterocycles. The van der Waals surface area contributed by atoms with Gasteiger partial charge in [0.1, 0.15) is 0 Å². The highest BCUT2D eigenvalue weighted by atomic mass is 16.2. The Bertz CT molecular complexity index is 978. The number of carbonyl (C=O) groups excluding carboxylic acids is 1. The third kappa shape index (κ3) is 1.66. The lowest BCUT2D eigenvalue weighted by molar-refractivity contribution is 0.0966. The largest absolute Gasteiger partial charge is 0.397 e. The summed E-state index contributed by atoms with van der Waals surface area (Å²) in [4.78, 5) is 16.0. The molecule has 4 nitrogen and oxygen atoms in total. The maximum Gasteiger partial charge on any atom is 0.263 e. The Morgan fingerprint density at radius 2 is 1.90 bits per heavy atom. The molecule has 102 valence electrons. The Balaban J connectivity index is 1.97. The van der Waals surface area contributed by atoms with Crippen LogP contribution in [0.2, 0.25) is 0 Å². The number of fused-ring (bicyclic) bond motifs is 2. The van der Waals surface area contributed by atoms with Gasteiger partial charge in [0.2, 0.25) is 0 Å². The van der Waals surface area contributed by atoms with Crippen LogP contribution in [0.3, 0.4) is 0 Å². The minimum atomic E-state index is -0.0758. The fourth-order valence-corrected chi connectivity index (χ4v) is 2.79. The molecule has 0 fully saturated rings. The molecule has 0 saturated carbocycles. The predicted molar refractivity (Wildman–Crippen MR) is 84.4 cm³/mol. The number of benzene rings is 2. The molecule has 4 rings (SSSR count). The number of nitrogen functional groups attached to an aromatic ring is 1. The van der Waals surface area contributed by atoms with Crippen LogP contribution in [0.5, 0.6) is 0 Å². The Morgan fingerprint density at radius 3 is 2.81 bits per heavy atom. The first kappa shape index (κ1) is 11.8. The van der Waals surface area contributed by atoms with Crippen molar-refractivity contribution in [3.05, 3.63) is 66.5 Å². The quantitative estimate of drug-likeness (QED) is 0.523. The molecule has 3 N–H and O–H groups in total. The summed E-state index contributed by atoms with van der Waals surface area (Å²) in [5, 5.41) is 1.88. The summed E-state index contributed by atoms with van der Waals surface area (Å²) in [7, 11) is 0. The molecule has 0 aliphatic rings. The van der Waals surface area contributed by atoms with E-state index in [2.05, 4.69) is 4.98 Å². The fourth-order valence-electron chi connectivity index (χ4n) is 2.79. The van der Waals surface area contributed by atoms with E-state index < -0.39 is 0 Å². The predicted octanol–water partition coefficient (Wildman–Crippen LogP) is 3.39. The van der Waals surface area contributed by atoms with Crippen molar-refractivity contribution in [1.29, 1.82) is 0 Å². The normalized spacial score (nSPS) is 11.2. The number of carbonyl (C=O) groups is 1. The van der Waals surface area contributed by atoms with Gasteiger partial charge < -0.3 is 10.7 Å². The first-order valence-corrected chi connectivity index (χ1v) is 6.72. The molecular weight excluding hydrogens is 262 g/mol. The van der Waals surface area contributed by atoms with E-state index in [1.54, 1.807) is 10.8 Å². The van der Waals surface area contributed by atoms with Crippen LogP contribution < -0.4 is 5.73 Å². The summed E-state index contributed by atoms with van der Waals surface area (Å²) in [6.45, 7) is 0. The van der Waals surface area contributed by atoms with Crippen LogP contribution in [-0.2, 0) is 0 Å². The van der Waals surface area contributed by atoms with Crippen LogP contribution in [-0.4, -0.2) is 15.5 Å². The number of hydrogen-bond acceptors (Lipinski definition) is 2. The van der Waals surface area contributed by atoms with Crippen molar-refractivity contribution in [1.82, 2.24) is 9.55 Å². The average Bonchev–Trinajstić information content (AvgIpc) is 3.13. The minimum Gasteiger partial charge on any atom is -0.397 e. The van der Waals surface area contributed by atoms with E-state index in [0.29, 0.717) is 11.3 Å². The second-order valence-corrected chi connectivity index (χ2v) is 5.02. The van der Waals surface area contributed by atoms with Crippen molar-refractivity contribution in [2.45, 2.75) is 0 Å². The molecule has 4 heteroatoms. The lowest BCUT2D eigenvalue weighted by Crippen LogP contribution is -2.11. The summed E-state index contributed by atoms with van der Waals surface area (Å²) in [6.07, 6.45) is 3.61. The molecule has 0 aliphatic carbocycles. The van der Waals surface area contributed by atoms with Gasteiger partial charge in [0.25, 0.3) is 5.91 Å². The lowest BCUT2D eigenvalue weighted by atomic mass is 10.1. The van der Waals surface area contributed by atoms with E-state index in [1.165, 1.54) is 0 Å². The fraction of sp³-hybridized carbons (Fsp3) is 0. The molecule has 0 unspecified atom stereocenters. The minimum absolute atomic E-state index is 0.0758. The van der Waals surface area contributed by atoms with Crippen LogP contribution in [0.15, 0.2) is 60.9 Å². The highest BCUT2D eigenvalue weighted by Gasteiger charge is 2.15. The number of nitrogens with one attached hydrogen (secondary N) is 1. The number of nitrogens with two attached hydrogens (primary N) is 1. The highest BCUT2D eigenvalue weighted by Crippen LogP contribution is 2.25. The second-order valence-electron chi connectivity index (χ2n) is 5.02. The SMILES string of the molecule is Nc1cccc2ccn(C(=O)c3cccc4[nH]ccc34)c12. The Hall–Kier alpha value is -3.01. The van der Waals surface area contributed by atoms with Gasteiger partial charge in [-0.15, -0.1) is 0 Å². The first-order valence-electron chi connectivity index (χ1n) is 6.72. The van der Waals surface area contributed by atoms with Gasteiger partial charge >= 0.3 is 0 Å². The van der Waals surface area contributed by atoms with Gasteiger partial charge in [-0.2, -0.15) is 0 Å². The van der Waals surface area contributed by atoms with Gasteiger partial charge in [-0.3, -0.25) is 9.36 Å². The summed E-state index contributed by atoms with van der Waals surface area (Å²) in [6, 6.07) is 15.1. The highest BCUT2D eigenvalue weighted by molar-refractivity contribution is 6.11. The number of aromatic amines is 1. The molecule has 0 bridgehead atoms. The van der Waals surface area contributed by atoms with Crippen molar-refractivity contribution in [3.8, 4) is 0 Å². The average molecular weight is 275 g/mol. The summed E-state index contributed by atoms with van der Waals surface area (Å²) in [5.41, 5.74) is 9.00. The number of anilines is 1. The number of hydrogen-bond donors (Lipinski definition) is 2. The van der Waals surface area contributed by atoms with E-state index in [9.17, 15) is 4.79 Å². The molecule has 21 heavy (non-hydrogen) atoms. The van der Waals surface area contributed by atoms with E-state index >= 15 is 0 Å². The van der Waals surface area contributed by atoms with Crippen LogP contribution >= 0.6 is 0 Å². The van der Waals surface area contributed by atoms with Crippen LogP contribution in [0, 0.1) is 0 Å². The van der Waals surface area contributed by atoms with E-state index in [0.717, 1.165) is 21.8 Å². The number of aromatic nitrogens is 2. The Kier molecular flexibility index (Phi) is 2.38. The van der Waals surface area contributed by atoms with E-state index in [-0.39, 0.29) is 5.91 Å². The third-order valence-corrected chi connectivity index (χ3v) is 3.79. The topological polar surface area (TPSA) is 63.8 Å². The molecule has 0 radical (unpaired) electrons. The first-order chi connectivity index (χ1) is 10.3. The van der Waals surface area contributed by atoms with Crippen LogP contribution in [0.4, 0.5) is 5.69 Å². The van der Waals surface area contributed by atoms with E-state index in [1.807, 2.05) is 54.7 Å². The summed E-state index contributed by atoms with van der Waals surface area (Å²) < 4.78 is 1.62. The van der Waals surface area contributed by atoms with Crippen molar-refractivity contribution in [2.75, 3.05) is 5.73 Å². The standard InChI is InChI=1S/C17H13N3O/c18-14-5-1-3-11-8-10-20(16(11)14)17(21)13-4-2-6-15-12(13)7-9-19-15/h1-10,19H,18H2. The van der Waals surface area contributed by atoms with Gasteiger partial charge in [-0.25, -0.2) is 0 Å². The van der Waals surface area contributed by atoms with Crippen LogP contribution in [0.25, 0.3) is 21.8 Å². The van der Waals surface area contributed by atoms with Crippen molar-refractivity contribution in [2.24, 2.45) is 0 Å². The van der Waals surface area contributed by atoms with Gasteiger partial charge in [0, 0.05) is 34.2 Å². The molecule has 0 amide bonds. The monoisotopic (exact) mass is 275 g/mol. The second kappa shape index (κ2) is 4.24. The van der Waals surface area contributed by atoms with Gasteiger partial charge in [-0.1, -0.05) is 18.2 Å². The van der Waals surface area contributed by atoms with Crippen molar-refractivity contribution in [3.63, 3.8) is 0 Å². The van der Waals surface area contributed by atoms with E-state index in [4.69, 9.17) is 5.73 Å². The zero-order valence-corrected chi connectivity index (χ0v) is 11.2. The lowest BCUT2D eigenvalue weighted by Gasteiger charge is -2.07. The maximum atomic E-state index is 12.9. The summed E-state index contributed by atoms with van der Waals surface area (Å²) >= 11 is 0. The summed E-state index contributed by atoms with van der Waals surface area (Å²) in [5.74, 6) is -0.0758. The third-order valence-electron chi connectivity index (χ3n) is 3.79. The smallest absolute Gasteiger partial charge is 0.263 e. The molecule has 0 saturated heterocycles. The number of H-pyrrole nitrogens is 1. The molecule has 4 aromatic rings. The molecule has 2 aromatic carbocycles. The maximum absolute atomic E-state index is 12.9. The zero-order valence-electron chi connectivity index (χ0n) is 11.2. The zero-order chi connectivity index (χ0) is 14.4. The number of rotatable bonds is 1. The molecule has 0 atom stereocenters. The Labute approximate surface area is 120 Å². The molecular formula is C17H13N3O. The number of nitrogens with zero attached hydrogens (tertiary/aromatic N) is 1. The molecule has 2 heterocycles. The van der Waals surface area contributed by atoms with Crippen molar-refractivity contribution < 1.29 is 4.79 Å². The molecule has 0 aliphatic heterocycles. The Morgan fingerprint density at radius 1 is 1.05 bits per heavy atom. The van der Waals surface area contributed by atoms with Gasteiger partial charge in [-0.05, 0) is 30.3 Å². The van der Waals surface area contributed by atoms with Crippen LogP contribution in [0.1, 0.15) is 10.4 Å². The van der Waals surface area contributed by atoms with Crippen molar-refractivity contribution >= 4 is 33.4 Å².